The fraction of sp³-hybridized carbons (Fsp3) is 0.364. The normalized spacial score (nSPS) is 11.1. The third kappa shape index (κ3) is 0.953. The Hall–Kier alpha value is -1.51. The van der Waals surface area contributed by atoms with Crippen LogP contribution in [0, 0.1) is 20.8 Å². The summed E-state index contributed by atoms with van der Waals surface area (Å²) in [7, 11) is 2.00. The van der Waals surface area contributed by atoms with E-state index in [2.05, 4.69) is 18.8 Å². The third-order valence-corrected chi connectivity index (χ3v) is 3.08. The van der Waals surface area contributed by atoms with Crippen molar-refractivity contribution < 1.29 is 0 Å². The SMILES string of the molecule is Cc1c(C)c(C)c2c(ncn2C)c1N. The van der Waals surface area contributed by atoms with E-state index in [4.69, 9.17) is 5.73 Å². The van der Waals surface area contributed by atoms with Crippen LogP contribution >= 0.6 is 0 Å². The molecule has 2 rings (SSSR count). The van der Waals surface area contributed by atoms with E-state index in [1.807, 2.05) is 24.9 Å². The maximum Gasteiger partial charge on any atom is 0.112 e. The second-order valence-corrected chi connectivity index (χ2v) is 3.84. The summed E-state index contributed by atoms with van der Waals surface area (Å²) in [6.45, 7) is 6.27. The number of hydrogen-bond donors (Lipinski definition) is 1. The van der Waals surface area contributed by atoms with Gasteiger partial charge in [-0.2, -0.15) is 0 Å². The Labute approximate surface area is 83.6 Å². The number of rotatable bonds is 0. The number of nitrogens with zero attached hydrogens (tertiary/aromatic N) is 2. The van der Waals surface area contributed by atoms with Gasteiger partial charge in [0.15, 0.2) is 0 Å². The van der Waals surface area contributed by atoms with Crippen LogP contribution in [0.25, 0.3) is 11.0 Å². The van der Waals surface area contributed by atoms with Gasteiger partial charge in [0, 0.05) is 7.05 Å². The molecule has 0 radical (unpaired) electrons. The largest absolute Gasteiger partial charge is 0.397 e. The molecule has 2 N–H and O–H groups in total. The lowest BCUT2D eigenvalue weighted by atomic mass is 10.0. The maximum absolute atomic E-state index is 6.03. The van der Waals surface area contributed by atoms with Gasteiger partial charge in [0.05, 0.1) is 17.5 Å². The van der Waals surface area contributed by atoms with Crippen molar-refractivity contribution >= 4 is 16.7 Å². The highest BCUT2D eigenvalue weighted by Crippen LogP contribution is 2.29. The number of nitrogens with two attached hydrogens (primary N) is 1. The molecule has 0 aliphatic heterocycles. The molecule has 0 atom stereocenters. The molecule has 1 heterocycles. The molecule has 74 valence electrons. The smallest absolute Gasteiger partial charge is 0.112 e. The van der Waals surface area contributed by atoms with Gasteiger partial charge in [-0.3, -0.25) is 0 Å². The van der Waals surface area contributed by atoms with E-state index in [9.17, 15) is 0 Å². The van der Waals surface area contributed by atoms with Gasteiger partial charge in [-0.25, -0.2) is 4.98 Å². The van der Waals surface area contributed by atoms with Gasteiger partial charge in [-0.05, 0) is 37.5 Å². The molecule has 0 aliphatic rings. The molecule has 14 heavy (non-hydrogen) atoms. The number of anilines is 1. The van der Waals surface area contributed by atoms with Gasteiger partial charge in [0.1, 0.15) is 5.52 Å². The van der Waals surface area contributed by atoms with Crippen LogP contribution in [-0.2, 0) is 7.05 Å². The Morgan fingerprint density at radius 2 is 1.79 bits per heavy atom. The van der Waals surface area contributed by atoms with Crippen LogP contribution in [0.15, 0.2) is 6.33 Å². The first kappa shape index (κ1) is 9.06. The van der Waals surface area contributed by atoms with E-state index >= 15 is 0 Å². The minimum atomic E-state index is 0.809. The predicted molar refractivity (Wildman–Crippen MR) is 59.3 cm³/mol. The predicted octanol–water partition coefficient (Wildman–Crippen LogP) is 2.08. The van der Waals surface area contributed by atoms with Gasteiger partial charge in [0.2, 0.25) is 0 Å². The maximum atomic E-state index is 6.03. The quantitative estimate of drug-likeness (QED) is 0.645. The average Bonchev–Trinajstić information content (AvgIpc) is 2.54. The second kappa shape index (κ2) is 2.74. The monoisotopic (exact) mass is 189 g/mol. The van der Waals surface area contributed by atoms with E-state index in [1.54, 1.807) is 0 Å². The summed E-state index contributed by atoms with van der Waals surface area (Å²) in [5.74, 6) is 0. The van der Waals surface area contributed by atoms with Crippen molar-refractivity contribution in [3.8, 4) is 0 Å². The van der Waals surface area contributed by atoms with Gasteiger partial charge in [-0.15, -0.1) is 0 Å². The molecule has 1 aromatic heterocycles. The molecule has 0 fully saturated rings. The molecule has 3 heteroatoms. The molecular weight excluding hydrogens is 174 g/mol. The summed E-state index contributed by atoms with van der Waals surface area (Å²) in [6.07, 6.45) is 1.81. The van der Waals surface area contributed by atoms with Crippen molar-refractivity contribution in [2.24, 2.45) is 7.05 Å². The lowest BCUT2D eigenvalue weighted by Gasteiger charge is -2.10. The molecule has 0 saturated carbocycles. The third-order valence-electron chi connectivity index (χ3n) is 3.08. The van der Waals surface area contributed by atoms with Crippen molar-refractivity contribution in [1.82, 2.24) is 9.55 Å². The number of fused-ring (bicyclic) bond motifs is 1. The first-order chi connectivity index (χ1) is 6.54. The number of aryl methyl sites for hydroxylation is 2. The van der Waals surface area contributed by atoms with Crippen molar-refractivity contribution in [2.45, 2.75) is 20.8 Å². The van der Waals surface area contributed by atoms with E-state index < -0.39 is 0 Å². The van der Waals surface area contributed by atoms with Gasteiger partial charge in [-0.1, -0.05) is 0 Å². The van der Waals surface area contributed by atoms with Crippen molar-refractivity contribution in [3.05, 3.63) is 23.0 Å². The standard InChI is InChI=1S/C11H15N3/c1-6-7(2)9(12)10-11(8(6)3)14(4)5-13-10/h5H,12H2,1-4H3. The Bertz CT molecular complexity index is 509. The van der Waals surface area contributed by atoms with Crippen LogP contribution in [0.5, 0.6) is 0 Å². The molecule has 2 aromatic rings. The Kier molecular flexibility index (Phi) is 1.77. The number of imidazole rings is 1. The molecule has 0 saturated heterocycles. The zero-order valence-electron chi connectivity index (χ0n) is 9.05. The van der Waals surface area contributed by atoms with E-state index in [0.717, 1.165) is 22.3 Å². The fourth-order valence-electron chi connectivity index (χ4n) is 1.91. The lowest BCUT2D eigenvalue weighted by Crippen LogP contribution is -1.99. The molecule has 0 amide bonds. The van der Waals surface area contributed by atoms with Crippen LogP contribution in [-0.4, -0.2) is 9.55 Å². The Balaban J connectivity index is 3.05. The molecular formula is C11H15N3. The summed E-state index contributed by atoms with van der Waals surface area (Å²) in [5, 5.41) is 0. The van der Waals surface area contributed by atoms with Crippen LogP contribution in [0.3, 0.4) is 0 Å². The summed E-state index contributed by atoms with van der Waals surface area (Å²) in [6, 6.07) is 0. The van der Waals surface area contributed by atoms with E-state index in [-0.39, 0.29) is 0 Å². The van der Waals surface area contributed by atoms with E-state index in [0.29, 0.717) is 0 Å². The number of hydrogen-bond acceptors (Lipinski definition) is 2. The molecule has 1 aromatic carbocycles. The van der Waals surface area contributed by atoms with Crippen LogP contribution in [0.2, 0.25) is 0 Å². The highest BCUT2D eigenvalue weighted by Gasteiger charge is 2.12. The summed E-state index contributed by atoms with van der Waals surface area (Å²) in [4.78, 5) is 4.32. The average molecular weight is 189 g/mol. The van der Waals surface area contributed by atoms with Crippen LogP contribution in [0.4, 0.5) is 5.69 Å². The summed E-state index contributed by atoms with van der Waals surface area (Å²) in [5.41, 5.74) is 12.6. The Morgan fingerprint density at radius 3 is 2.43 bits per heavy atom. The highest BCUT2D eigenvalue weighted by atomic mass is 15.0. The zero-order chi connectivity index (χ0) is 10.5. The second-order valence-electron chi connectivity index (χ2n) is 3.84. The van der Waals surface area contributed by atoms with Gasteiger partial charge >= 0.3 is 0 Å². The number of benzene rings is 1. The van der Waals surface area contributed by atoms with Crippen molar-refractivity contribution in [3.63, 3.8) is 0 Å². The van der Waals surface area contributed by atoms with Crippen LogP contribution in [0.1, 0.15) is 16.7 Å². The first-order valence-electron chi connectivity index (χ1n) is 4.70. The molecule has 0 unspecified atom stereocenters. The first-order valence-corrected chi connectivity index (χ1v) is 4.70. The minimum Gasteiger partial charge on any atom is -0.397 e. The summed E-state index contributed by atoms with van der Waals surface area (Å²) < 4.78 is 2.02. The Morgan fingerprint density at radius 1 is 1.14 bits per heavy atom. The highest BCUT2D eigenvalue weighted by molar-refractivity contribution is 5.92. The van der Waals surface area contributed by atoms with Crippen LogP contribution < -0.4 is 5.73 Å². The zero-order valence-corrected chi connectivity index (χ0v) is 9.05. The van der Waals surface area contributed by atoms with Crippen molar-refractivity contribution in [1.29, 1.82) is 0 Å². The fourth-order valence-corrected chi connectivity index (χ4v) is 1.91. The molecule has 0 bridgehead atoms. The molecule has 3 nitrogen and oxygen atoms in total. The summed E-state index contributed by atoms with van der Waals surface area (Å²) >= 11 is 0. The van der Waals surface area contributed by atoms with Gasteiger partial charge in [0.25, 0.3) is 0 Å². The lowest BCUT2D eigenvalue weighted by molar-refractivity contribution is 0.942. The molecule has 0 spiro atoms. The topological polar surface area (TPSA) is 43.8 Å². The number of nitrogen functional groups attached to an aromatic ring is 1. The molecule has 0 aliphatic carbocycles. The van der Waals surface area contributed by atoms with E-state index in [1.165, 1.54) is 11.1 Å². The minimum absolute atomic E-state index is 0.809. The van der Waals surface area contributed by atoms with Crippen molar-refractivity contribution in [2.75, 3.05) is 5.73 Å². The van der Waals surface area contributed by atoms with Gasteiger partial charge < -0.3 is 10.3 Å². The number of aromatic nitrogens is 2.